The molecule has 0 saturated heterocycles. The minimum absolute atomic E-state index is 0.00266. The van der Waals surface area contributed by atoms with Crippen molar-refractivity contribution < 1.29 is 4.39 Å². The summed E-state index contributed by atoms with van der Waals surface area (Å²) in [5.41, 5.74) is 0.870. The van der Waals surface area contributed by atoms with E-state index in [0.717, 1.165) is 4.68 Å². The van der Waals surface area contributed by atoms with E-state index in [2.05, 4.69) is 10.3 Å². The molecule has 21 heavy (non-hydrogen) atoms. The third kappa shape index (κ3) is 2.37. The molecule has 0 aliphatic heterocycles. The van der Waals surface area contributed by atoms with Crippen molar-refractivity contribution in [3.63, 3.8) is 0 Å². The molecule has 2 aromatic carbocycles. The van der Waals surface area contributed by atoms with E-state index in [1.165, 1.54) is 18.2 Å². The van der Waals surface area contributed by atoms with Gasteiger partial charge in [0.1, 0.15) is 11.3 Å². The monoisotopic (exact) mass is 280 g/mol. The lowest BCUT2D eigenvalue weighted by Gasteiger charge is -2.06. The van der Waals surface area contributed by atoms with Crippen LogP contribution >= 0.6 is 0 Å². The van der Waals surface area contributed by atoms with Gasteiger partial charge >= 0.3 is 0 Å². The number of rotatable bonds is 2. The van der Waals surface area contributed by atoms with Crippen molar-refractivity contribution in [3.8, 4) is 6.07 Å². The molecule has 0 amide bonds. The van der Waals surface area contributed by atoms with Crippen molar-refractivity contribution in [3.05, 3.63) is 69.8 Å². The molecule has 0 saturated carbocycles. The molecule has 102 valence electrons. The maximum atomic E-state index is 13.3. The highest BCUT2D eigenvalue weighted by atomic mass is 19.1. The van der Waals surface area contributed by atoms with Crippen LogP contribution in [0.4, 0.5) is 4.39 Å². The molecule has 0 atom stereocenters. The quantitative estimate of drug-likeness (QED) is 0.718. The van der Waals surface area contributed by atoms with E-state index in [4.69, 9.17) is 5.26 Å². The average molecular weight is 280 g/mol. The van der Waals surface area contributed by atoms with Crippen LogP contribution in [0.1, 0.15) is 11.1 Å². The van der Waals surface area contributed by atoms with Gasteiger partial charge < -0.3 is 0 Å². The highest BCUT2D eigenvalue weighted by molar-refractivity contribution is 5.76. The first kappa shape index (κ1) is 12.9. The summed E-state index contributed by atoms with van der Waals surface area (Å²) < 4.78 is 14.4. The maximum Gasteiger partial charge on any atom is 0.277 e. The van der Waals surface area contributed by atoms with Crippen molar-refractivity contribution in [2.24, 2.45) is 0 Å². The molecule has 1 aromatic heterocycles. The first-order chi connectivity index (χ1) is 10.2. The third-order valence-corrected chi connectivity index (χ3v) is 3.14. The van der Waals surface area contributed by atoms with Gasteiger partial charge in [0.25, 0.3) is 5.56 Å². The van der Waals surface area contributed by atoms with E-state index in [9.17, 15) is 9.18 Å². The van der Waals surface area contributed by atoms with Gasteiger partial charge in [0.05, 0.1) is 23.6 Å². The van der Waals surface area contributed by atoms with E-state index in [1.54, 1.807) is 24.3 Å². The topological polar surface area (TPSA) is 71.6 Å². The summed E-state index contributed by atoms with van der Waals surface area (Å²) in [7, 11) is 0. The zero-order valence-corrected chi connectivity index (χ0v) is 10.8. The molecule has 0 fully saturated rings. The Morgan fingerprint density at radius 3 is 2.86 bits per heavy atom. The van der Waals surface area contributed by atoms with E-state index in [1.807, 2.05) is 6.07 Å². The molecule has 5 nitrogen and oxygen atoms in total. The van der Waals surface area contributed by atoms with Crippen molar-refractivity contribution in [1.29, 1.82) is 5.26 Å². The summed E-state index contributed by atoms with van der Waals surface area (Å²) in [4.78, 5) is 12.3. The van der Waals surface area contributed by atoms with Crippen LogP contribution in [0.2, 0.25) is 0 Å². The van der Waals surface area contributed by atoms with Crippen LogP contribution in [-0.2, 0) is 6.54 Å². The zero-order chi connectivity index (χ0) is 14.8. The molecule has 0 aliphatic rings. The van der Waals surface area contributed by atoms with E-state index >= 15 is 0 Å². The highest BCUT2D eigenvalue weighted by Gasteiger charge is 2.09. The molecule has 0 aliphatic carbocycles. The Kier molecular flexibility index (Phi) is 3.16. The van der Waals surface area contributed by atoms with Gasteiger partial charge in [-0.25, -0.2) is 9.07 Å². The average Bonchev–Trinajstić information content (AvgIpc) is 2.51. The number of aromatic nitrogens is 3. The van der Waals surface area contributed by atoms with Crippen LogP contribution in [0.25, 0.3) is 10.9 Å². The van der Waals surface area contributed by atoms with Crippen molar-refractivity contribution in [2.75, 3.05) is 0 Å². The predicted molar refractivity (Wildman–Crippen MR) is 74.0 cm³/mol. The first-order valence-corrected chi connectivity index (χ1v) is 6.20. The summed E-state index contributed by atoms with van der Waals surface area (Å²) in [5.74, 6) is -0.467. The van der Waals surface area contributed by atoms with Gasteiger partial charge in [-0.3, -0.25) is 4.79 Å². The van der Waals surface area contributed by atoms with Crippen molar-refractivity contribution >= 4 is 10.9 Å². The Morgan fingerprint density at radius 2 is 2.05 bits per heavy atom. The van der Waals surface area contributed by atoms with Gasteiger partial charge in [0.2, 0.25) is 0 Å². The minimum Gasteiger partial charge on any atom is -0.267 e. The van der Waals surface area contributed by atoms with Gasteiger partial charge in [0, 0.05) is 0 Å². The molecule has 3 aromatic rings. The summed E-state index contributed by atoms with van der Waals surface area (Å²) >= 11 is 0. The first-order valence-electron chi connectivity index (χ1n) is 6.20. The van der Waals surface area contributed by atoms with Gasteiger partial charge in [0.15, 0.2) is 0 Å². The summed E-state index contributed by atoms with van der Waals surface area (Å²) in [6.45, 7) is -0.00266. The summed E-state index contributed by atoms with van der Waals surface area (Å²) in [6, 6.07) is 12.6. The van der Waals surface area contributed by atoms with Crippen LogP contribution in [0.3, 0.4) is 0 Å². The summed E-state index contributed by atoms with van der Waals surface area (Å²) in [5, 5.41) is 17.2. The number of nitriles is 1. The molecule has 0 N–H and O–H groups in total. The Balaban J connectivity index is 2.11. The number of benzene rings is 2. The molecule has 0 radical (unpaired) electrons. The van der Waals surface area contributed by atoms with Gasteiger partial charge in [-0.2, -0.15) is 5.26 Å². The lowest BCUT2D eigenvalue weighted by atomic mass is 10.1. The van der Waals surface area contributed by atoms with Gasteiger partial charge in [-0.15, -0.1) is 5.10 Å². The second-order valence-corrected chi connectivity index (χ2v) is 4.48. The highest BCUT2D eigenvalue weighted by Crippen LogP contribution is 2.11. The Labute approximate surface area is 118 Å². The molecule has 6 heteroatoms. The normalized spacial score (nSPS) is 10.5. The minimum atomic E-state index is -0.467. The number of halogens is 1. The molecular formula is C15H9FN4O. The number of fused-ring (bicyclic) bond motifs is 1. The fraction of sp³-hybridized carbons (Fsp3) is 0.0667. The second-order valence-electron chi connectivity index (χ2n) is 4.48. The molecule has 1 heterocycles. The summed E-state index contributed by atoms with van der Waals surface area (Å²) in [6.07, 6.45) is 0. The lowest BCUT2D eigenvalue weighted by Crippen LogP contribution is -2.25. The number of hydrogen-bond acceptors (Lipinski definition) is 4. The Bertz CT molecular complexity index is 927. The second kappa shape index (κ2) is 5.13. The van der Waals surface area contributed by atoms with E-state index in [-0.39, 0.29) is 12.1 Å². The van der Waals surface area contributed by atoms with E-state index in [0.29, 0.717) is 22.0 Å². The number of hydrogen-bond donors (Lipinski definition) is 0. The predicted octanol–water partition coefficient (Wildman–Crippen LogP) is 1.85. The third-order valence-electron chi connectivity index (χ3n) is 3.14. The van der Waals surface area contributed by atoms with Gasteiger partial charge in [-0.1, -0.05) is 17.3 Å². The smallest absolute Gasteiger partial charge is 0.267 e. The van der Waals surface area contributed by atoms with Crippen molar-refractivity contribution in [2.45, 2.75) is 6.54 Å². The molecule has 3 rings (SSSR count). The van der Waals surface area contributed by atoms with Crippen LogP contribution in [0.5, 0.6) is 0 Å². The molecular weight excluding hydrogens is 271 g/mol. The standard InChI is InChI=1S/C15H9FN4O/c16-12-6-5-10(8-17)11(7-12)9-20-15(21)13-3-1-2-4-14(13)18-19-20/h1-7H,9H2. The SMILES string of the molecule is N#Cc1ccc(F)cc1Cn1nnc2ccccc2c1=O. The van der Waals surface area contributed by atoms with Crippen molar-refractivity contribution in [1.82, 2.24) is 15.0 Å². The number of nitrogens with zero attached hydrogens (tertiary/aromatic N) is 4. The van der Waals surface area contributed by atoms with Crippen LogP contribution in [0, 0.1) is 17.1 Å². The maximum absolute atomic E-state index is 13.3. The van der Waals surface area contributed by atoms with Crippen LogP contribution in [0.15, 0.2) is 47.3 Å². The van der Waals surface area contributed by atoms with Gasteiger partial charge in [-0.05, 0) is 35.9 Å². The molecule has 0 unspecified atom stereocenters. The lowest BCUT2D eigenvalue weighted by molar-refractivity contribution is 0.589. The Hall–Kier alpha value is -3.07. The molecule has 0 spiro atoms. The Morgan fingerprint density at radius 1 is 1.24 bits per heavy atom. The largest absolute Gasteiger partial charge is 0.277 e. The molecule has 0 bridgehead atoms. The van der Waals surface area contributed by atoms with Crippen LogP contribution < -0.4 is 5.56 Å². The van der Waals surface area contributed by atoms with E-state index < -0.39 is 5.82 Å². The fourth-order valence-electron chi connectivity index (χ4n) is 2.09. The van der Waals surface area contributed by atoms with Crippen LogP contribution in [-0.4, -0.2) is 15.0 Å². The fourth-order valence-corrected chi connectivity index (χ4v) is 2.09. The zero-order valence-electron chi connectivity index (χ0n) is 10.8.